The quantitative estimate of drug-likeness (QED) is 0.573. The number of imide groups is 1. The van der Waals surface area contributed by atoms with Gasteiger partial charge in [-0.25, -0.2) is 4.90 Å². The van der Waals surface area contributed by atoms with E-state index in [4.69, 9.17) is 4.42 Å². The lowest BCUT2D eigenvalue weighted by atomic mass is 10.5. The Labute approximate surface area is 68.1 Å². The molecule has 1 aliphatic heterocycles. The maximum atomic E-state index is 11.0. The Morgan fingerprint density at radius 3 is 2.33 bits per heavy atom. The molecule has 0 N–H and O–H groups in total. The van der Waals surface area contributed by atoms with Crippen LogP contribution in [-0.2, 0) is 9.59 Å². The minimum absolute atomic E-state index is 0.259. The van der Waals surface area contributed by atoms with Crippen LogP contribution in [0.1, 0.15) is 0 Å². The van der Waals surface area contributed by atoms with Crippen LogP contribution in [0, 0.1) is 0 Å². The first kappa shape index (κ1) is 6.84. The molecule has 1 aromatic heterocycles. The van der Waals surface area contributed by atoms with E-state index in [0.29, 0.717) is 0 Å². The first-order valence-corrected chi connectivity index (χ1v) is 3.38. The van der Waals surface area contributed by atoms with Gasteiger partial charge in [0.1, 0.15) is 0 Å². The Morgan fingerprint density at radius 1 is 1.17 bits per heavy atom. The fraction of sp³-hybridized carbons (Fsp3) is 0. The van der Waals surface area contributed by atoms with Crippen molar-refractivity contribution in [3.8, 4) is 0 Å². The summed E-state index contributed by atoms with van der Waals surface area (Å²) in [5.74, 6) is -0.472. The van der Waals surface area contributed by atoms with Gasteiger partial charge in [0, 0.05) is 18.2 Å². The van der Waals surface area contributed by atoms with Crippen molar-refractivity contribution in [2.75, 3.05) is 4.90 Å². The zero-order valence-corrected chi connectivity index (χ0v) is 6.06. The molecule has 0 atom stereocenters. The monoisotopic (exact) mass is 163 g/mol. The van der Waals surface area contributed by atoms with Crippen molar-refractivity contribution in [2.45, 2.75) is 0 Å². The van der Waals surface area contributed by atoms with Gasteiger partial charge in [-0.05, 0) is 6.07 Å². The summed E-state index contributed by atoms with van der Waals surface area (Å²) >= 11 is 0. The van der Waals surface area contributed by atoms with E-state index < -0.39 is 0 Å². The molecule has 0 unspecified atom stereocenters. The number of amides is 2. The summed E-state index contributed by atoms with van der Waals surface area (Å²) in [6, 6.07) is 3.18. The van der Waals surface area contributed by atoms with Gasteiger partial charge in [0.25, 0.3) is 11.8 Å². The number of nitrogens with zero attached hydrogens (tertiary/aromatic N) is 1. The van der Waals surface area contributed by atoms with Crippen LogP contribution in [0.2, 0.25) is 0 Å². The molecule has 0 spiro atoms. The Hall–Kier alpha value is -1.84. The van der Waals surface area contributed by atoms with E-state index in [0.717, 1.165) is 4.90 Å². The summed E-state index contributed by atoms with van der Waals surface area (Å²) in [5, 5.41) is 0. The summed E-state index contributed by atoms with van der Waals surface area (Å²) in [4.78, 5) is 23.1. The van der Waals surface area contributed by atoms with Gasteiger partial charge in [0.15, 0.2) is 0 Å². The number of furan rings is 1. The zero-order valence-electron chi connectivity index (χ0n) is 6.06. The van der Waals surface area contributed by atoms with Crippen LogP contribution in [0.25, 0.3) is 0 Å². The molecule has 4 heteroatoms. The molecule has 2 rings (SSSR count). The highest BCUT2D eigenvalue weighted by molar-refractivity contribution is 6.27. The van der Waals surface area contributed by atoms with Crippen LogP contribution in [0.5, 0.6) is 0 Å². The number of carbonyl (C=O) groups is 2. The Bertz CT molecular complexity index is 332. The average molecular weight is 163 g/mol. The van der Waals surface area contributed by atoms with E-state index in [-0.39, 0.29) is 17.7 Å². The Morgan fingerprint density at radius 2 is 1.83 bits per heavy atom. The molecule has 0 saturated carbocycles. The van der Waals surface area contributed by atoms with Crippen molar-refractivity contribution in [1.82, 2.24) is 0 Å². The molecule has 60 valence electrons. The predicted molar refractivity (Wildman–Crippen MR) is 40.3 cm³/mol. The van der Waals surface area contributed by atoms with Crippen molar-refractivity contribution in [3.05, 3.63) is 30.5 Å². The molecule has 4 nitrogen and oxygen atoms in total. The molecule has 0 saturated heterocycles. The van der Waals surface area contributed by atoms with Crippen LogP contribution in [0.4, 0.5) is 5.88 Å². The molecule has 0 aliphatic carbocycles. The first-order chi connectivity index (χ1) is 5.79. The molecule has 12 heavy (non-hydrogen) atoms. The summed E-state index contributed by atoms with van der Waals surface area (Å²) < 4.78 is 4.90. The van der Waals surface area contributed by atoms with Gasteiger partial charge in [0.2, 0.25) is 5.88 Å². The summed E-state index contributed by atoms with van der Waals surface area (Å²) in [7, 11) is 0. The molecule has 2 heterocycles. The van der Waals surface area contributed by atoms with Crippen molar-refractivity contribution >= 4 is 17.7 Å². The van der Waals surface area contributed by atoms with E-state index in [1.807, 2.05) is 0 Å². The summed E-state index contributed by atoms with van der Waals surface area (Å²) in [5.41, 5.74) is 0. The average Bonchev–Trinajstić information content (AvgIpc) is 2.61. The van der Waals surface area contributed by atoms with Gasteiger partial charge in [-0.1, -0.05) is 0 Å². The lowest BCUT2D eigenvalue weighted by molar-refractivity contribution is -0.120. The Kier molecular flexibility index (Phi) is 1.33. The molecular weight excluding hydrogens is 158 g/mol. The zero-order chi connectivity index (χ0) is 8.55. The fourth-order valence-corrected chi connectivity index (χ4v) is 1.01. The molecular formula is C8H5NO3. The van der Waals surface area contributed by atoms with Crippen LogP contribution < -0.4 is 4.90 Å². The molecule has 0 radical (unpaired) electrons. The third kappa shape index (κ3) is 0.852. The topological polar surface area (TPSA) is 50.5 Å². The standard InChI is InChI=1S/C8H5NO3/c10-6-3-4-7(11)9(6)8-2-1-5-12-8/h1-5H. The van der Waals surface area contributed by atoms with Gasteiger partial charge in [0.05, 0.1) is 6.26 Å². The minimum atomic E-state index is -0.366. The van der Waals surface area contributed by atoms with Gasteiger partial charge < -0.3 is 4.42 Å². The van der Waals surface area contributed by atoms with E-state index in [1.165, 1.54) is 18.4 Å². The second-order valence-corrected chi connectivity index (χ2v) is 2.30. The number of hydrogen-bond donors (Lipinski definition) is 0. The SMILES string of the molecule is O=C1C=CC(=O)N1c1ccco1. The van der Waals surface area contributed by atoms with Crippen LogP contribution in [0.3, 0.4) is 0 Å². The highest BCUT2D eigenvalue weighted by Crippen LogP contribution is 2.18. The fourth-order valence-electron chi connectivity index (χ4n) is 1.01. The Balaban J connectivity index is 2.37. The molecule has 2 amide bonds. The van der Waals surface area contributed by atoms with Gasteiger partial charge >= 0.3 is 0 Å². The number of hydrogen-bond acceptors (Lipinski definition) is 3. The van der Waals surface area contributed by atoms with Crippen molar-refractivity contribution in [1.29, 1.82) is 0 Å². The normalized spacial score (nSPS) is 16.2. The van der Waals surface area contributed by atoms with Crippen molar-refractivity contribution in [2.24, 2.45) is 0 Å². The van der Waals surface area contributed by atoms with Gasteiger partial charge in [-0.2, -0.15) is 0 Å². The van der Waals surface area contributed by atoms with E-state index >= 15 is 0 Å². The summed E-state index contributed by atoms with van der Waals surface area (Å²) in [6.07, 6.45) is 3.84. The highest BCUT2D eigenvalue weighted by Gasteiger charge is 2.26. The second kappa shape index (κ2) is 2.34. The maximum absolute atomic E-state index is 11.0. The van der Waals surface area contributed by atoms with E-state index in [9.17, 15) is 9.59 Å². The smallest absolute Gasteiger partial charge is 0.260 e. The van der Waals surface area contributed by atoms with Crippen molar-refractivity contribution < 1.29 is 14.0 Å². The van der Waals surface area contributed by atoms with Gasteiger partial charge in [-0.3, -0.25) is 9.59 Å². The summed E-state index contributed by atoms with van der Waals surface area (Å²) in [6.45, 7) is 0. The third-order valence-corrected chi connectivity index (χ3v) is 1.54. The second-order valence-electron chi connectivity index (χ2n) is 2.30. The van der Waals surface area contributed by atoms with E-state index in [1.54, 1.807) is 12.1 Å². The third-order valence-electron chi connectivity index (χ3n) is 1.54. The molecule has 0 fully saturated rings. The van der Waals surface area contributed by atoms with Crippen LogP contribution in [-0.4, -0.2) is 11.8 Å². The largest absolute Gasteiger partial charge is 0.448 e. The van der Waals surface area contributed by atoms with E-state index in [2.05, 4.69) is 0 Å². The predicted octanol–water partition coefficient (Wildman–Crippen LogP) is 0.709. The number of anilines is 1. The van der Waals surface area contributed by atoms with Crippen molar-refractivity contribution in [3.63, 3.8) is 0 Å². The van der Waals surface area contributed by atoms with Crippen LogP contribution >= 0.6 is 0 Å². The number of rotatable bonds is 1. The van der Waals surface area contributed by atoms with Gasteiger partial charge in [-0.15, -0.1) is 0 Å². The lowest BCUT2D eigenvalue weighted by Crippen LogP contribution is -2.28. The minimum Gasteiger partial charge on any atom is -0.448 e. The molecule has 0 aromatic carbocycles. The lowest BCUT2D eigenvalue weighted by Gasteiger charge is -2.08. The molecule has 1 aliphatic rings. The number of carbonyl (C=O) groups excluding carboxylic acids is 2. The van der Waals surface area contributed by atoms with Crippen LogP contribution in [0.15, 0.2) is 35.0 Å². The highest BCUT2D eigenvalue weighted by atomic mass is 16.4. The molecule has 1 aromatic rings. The first-order valence-electron chi connectivity index (χ1n) is 3.38. The maximum Gasteiger partial charge on any atom is 0.260 e. The molecule has 0 bridgehead atoms.